The molecule has 0 aromatic carbocycles. The van der Waals surface area contributed by atoms with Crippen LogP contribution in [0.1, 0.15) is 25.2 Å². The molecule has 132 valence electrons. The summed E-state index contributed by atoms with van der Waals surface area (Å²) in [6.45, 7) is 5.11. The number of furan rings is 1. The molecule has 1 unspecified atom stereocenters. The highest BCUT2D eigenvalue weighted by Gasteiger charge is 2.26. The average Bonchev–Trinajstić information content (AvgIpc) is 3.07. The van der Waals surface area contributed by atoms with Crippen LogP contribution in [0.25, 0.3) is 0 Å². The number of aliphatic hydroxyl groups is 1. The first-order valence-corrected chi connectivity index (χ1v) is 7.78. The maximum absolute atomic E-state index is 10.4. The third-order valence-electron chi connectivity index (χ3n) is 3.20. The number of hydrogen-bond donors (Lipinski definition) is 3. The Labute approximate surface area is 163 Å². The van der Waals surface area contributed by atoms with E-state index in [1.54, 1.807) is 31.3 Å². The standard InChI is InChI=1S/C16H21ClN4O2.HI/c1-3-18-15(20-10-12-6-7-14(17)19-9-12)21-11-16(2,22)13-5-4-8-23-13;/h4-9,22H,3,10-11H2,1-2H3,(H2,18,20,21);1H. The van der Waals surface area contributed by atoms with Gasteiger partial charge in [-0.05, 0) is 37.6 Å². The van der Waals surface area contributed by atoms with Crippen molar-refractivity contribution in [3.8, 4) is 0 Å². The fourth-order valence-electron chi connectivity index (χ4n) is 1.94. The monoisotopic (exact) mass is 464 g/mol. The fraction of sp³-hybridized carbons (Fsp3) is 0.375. The predicted octanol–water partition coefficient (Wildman–Crippen LogP) is 2.91. The van der Waals surface area contributed by atoms with Gasteiger partial charge in [0.25, 0.3) is 0 Å². The molecule has 1 atom stereocenters. The van der Waals surface area contributed by atoms with Crippen molar-refractivity contribution in [2.45, 2.75) is 26.0 Å². The van der Waals surface area contributed by atoms with E-state index >= 15 is 0 Å². The summed E-state index contributed by atoms with van der Waals surface area (Å²) in [7, 11) is 0. The van der Waals surface area contributed by atoms with Gasteiger partial charge in [-0.15, -0.1) is 24.0 Å². The number of guanidine groups is 1. The Bertz CT molecular complexity index is 630. The van der Waals surface area contributed by atoms with E-state index < -0.39 is 5.60 Å². The topological polar surface area (TPSA) is 82.7 Å². The second-order valence-electron chi connectivity index (χ2n) is 5.29. The van der Waals surface area contributed by atoms with E-state index in [0.717, 1.165) is 5.56 Å². The molecule has 8 heteroatoms. The van der Waals surface area contributed by atoms with Gasteiger partial charge in [0.05, 0.1) is 19.4 Å². The lowest BCUT2D eigenvalue weighted by Crippen LogP contribution is -2.44. The number of hydrogen-bond acceptors (Lipinski definition) is 4. The summed E-state index contributed by atoms with van der Waals surface area (Å²) in [5.41, 5.74) is -0.175. The molecular weight excluding hydrogens is 443 g/mol. The molecule has 3 N–H and O–H groups in total. The number of halogens is 2. The van der Waals surface area contributed by atoms with Gasteiger partial charge in [0.1, 0.15) is 16.5 Å². The molecule has 0 spiro atoms. The lowest BCUT2D eigenvalue weighted by molar-refractivity contribution is 0.0386. The minimum absolute atomic E-state index is 0. The smallest absolute Gasteiger partial charge is 0.191 e. The van der Waals surface area contributed by atoms with Gasteiger partial charge in [0, 0.05) is 12.7 Å². The van der Waals surface area contributed by atoms with Gasteiger partial charge in [0.15, 0.2) is 5.96 Å². The summed E-state index contributed by atoms with van der Waals surface area (Å²) < 4.78 is 5.26. The third-order valence-corrected chi connectivity index (χ3v) is 3.43. The van der Waals surface area contributed by atoms with E-state index in [-0.39, 0.29) is 30.5 Å². The van der Waals surface area contributed by atoms with Crippen molar-refractivity contribution in [2.24, 2.45) is 4.99 Å². The molecule has 0 bridgehead atoms. The van der Waals surface area contributed by atoms with Crippen LogP contribution in [0.2, 0.25) is 5.15 Å². The highest BCUT2D eigenvalue weighted by molar-refractivity contribution is 14.0. The van der Waals surface area contributed by atoms with Crippen LogP contribution in [0.3, 0.4) is 0 Å². The summed E-state index contributed by atoms with van der Waals surface area (Å²) in [5, 5.41) is 17.1. The maximum atomic E-state index is 10.4. The highest BCUT2D eigenvalue weighted by atomic mass is 127. The lowest BCUT2D eigenvalue weighted by atomic mass is 10.0. The van der Waals surface area contributed by atoms with E-state index in [1.165, 1.54) is 6.26 Å². The molecule has 24 heavy (non-hydrogen) atoms. The number of pyridine rings is 1. The second-order valence-corrected chi connectivity index (χ2v) is 5.68. The van der Waals surface area contributed by atoms with Gasteiger partial charge < -0.3 is 20.2 Å². The Kier molecular flexibility index (Phi) is 8.51. The van der Waals surface area contributed by atoms with Gasteiger partial charge >= 0.3 is 0 Å². The van der Waals surface area contributed by atoms with Gasteiger partial charge in [-0.25, -0.2) is 9.98 Å². The minimum Gasteiger partial charge on any atom is -0.466 e. The largest absolute Gasteiger partial charge is 0.466 e. The first-order chi connectivity index (χ1) is 11.0. The van der Waals surface area contributed by atoms with E-state index in [2.05, 4.69) is 20.6 Å². The zero-order valence-electron chi connectivity index (χ0n) is 13.6. The molecule has 2 aromatic rings. The van der Waals surface area contributed by atoms with Crippen molar-refractivity contribution >= 4 is 41.5 Å². The van der Waals surface area contributed by atoms with Crippen molar-refractivity contribution < 1.29 is 9.52 Å². The Balaban J connectivity index is 0.00000288. The highest BCUT2D eigenvalue weighted by Crippen LogP contribution is 2.19. The lowest BCUT2D eigenvalue weighted by Gasteiger charge is -2.22. The van der Waals surface area contributed by atoms with Crippen LogP contribution in [-0.4, -0.2) is 29.1 Å². The van der Waals surface area contributed by atoms with E-state index in [9.17, 15) is 5.11 Å². The van der Waals surface area contributed by atoms with Crippen LogP contribution < -0.4 is 10.6 Å². The van der Waals surface area contributed by atoms with Crippen molar-refractivity contribution in [1.29, 1.82) is 0 Å². The van der Waals surface area contributed by atoms with E-state index in [4.69, 9.17) is 16.0 Å². The molecule has 0 saturated carbocycles. The maximum Gasteiger partial charge on any atom is 0.191 e. The average molecular weight is 465 g/mol. The Hall–Kier alpha value is -1.32. The molecule has 0 amide bonds. The van der Waals surface area contributed by atoms with Crippen molar-refractivity contribution in [3.05, 3.63) is 53.2 Å². The van der Waals surface area contributed by atoms with Gasteiger partial charge in [-0.1, -0.05) is 17.7 Å². The zero-order chi connectivity index (χ0) is 16.7. The first kappa shape index (κ1) is 20.7. The molecule has 0 aliphatic rings. The molecule has 0 aliphatic heterocycles. The zero-order valence-corrected chi connectivity index (χ0v) is 16.7. The Morgan fingerprint density at radius 1 is 1.38 bits per heavy atom. The summed E-state index contributed by atoms with van der Waals surface area (Å²) in [5.74, 6) is 1.11. The Morgan fingerprint density at radius 3 is 2.75 bits per heavy atom. The molecule has 0 fully saturated rings. The summed E-state index contributed by atoms with van der Waals surface area (Å²) in [4.78, 5) is 8.49. The normalized spacial score (nSPS) is 13.8. The van der Waals surface area contributed by atoms with Crippen molar-refractivity contribution in [2.75, 3.05) is 13.1 Å². The Morgan fingerprint density at radius 2 is 2.17 bits per heavy atom. The molecule has 2 aromatic heterocycles. The van der Waals surface area contributed by atoms with E-state index in [0.29, 0.717) is 30.0 Å². The fourth-order valence-corrected chi connectivity index (χ4v) is 2.05. The molecule has 6 nitrogen and oxygen atoms in total. The molecule has 0 saturated heterocycles. The van der Waals surface area contributed by atoms with Gasteiger partial charge in [-0.2, -0.15) is 0 Å². The summed E-state index contributed by atoms with van der Waals surface area (Å²) in [6.07, 6.45) is 3.23. The second kappa shape index (κ2) is 9.85. The number of aliphatic imine (C=N–C) groups is 1. The number of nitrogens with one attached hydrogen (secondary N) is 2. The van der Waals surface area contributed by atoms with Gasteiger partial charge in [0.2, 0.25) is 0 Å². The molecule has 0 radical (unpaired) electrons. The first-order valence-electron chi connectivity index (χ1n) is 7.40. The number of aromatic nitrogens is 1. The molecule has 2 rings (SSSR count). The van der Waals surface area contributed by atoms with Crippen LogP contribution in [-0.2, 0) is 12.1 Å². The third kappa shape index (κ3) is 6.29. The number of nitrogens with zero attached hydrogens (tertiary/aromatic N) is 2. The van der Waals surface area contributed by atoms with Gasteiger partial charge in [-0.3, -0.25) is 0 Å². The molecule has 0 aliphatic carbocycles. The van der Waals surface area contributed by atoms with Crippen LogP contribution in [0.15, 0.2) is 46.1 Å². The van der Waals surface area contributed by atoms with Crippen LogP contribution in [0.4, 0.5) is 0 Å². The van der Waals surface area contributed by atoms with Crippen molar-refractivity contribution in [1.82, 2.24) is 15.6 Å². The summed E-state index contributed by atoms with van der Waals surface area (Å²) >= 11 is 5.76. The van der Waals surface area contributed by atoms with Crippen LogP contribution in [0, 0.1) is 0 Å². The SMILES string of the molecule is CCNC(=NCc1ccc(Cl)nc1)NCC(C)(O)c1ccco1.I. The number of rotatable bonds is 6. The molecule has 2 heterocycles. The van der Waals surface area contributed by atoms with Crippen molar-refractivity contribution in [3.63, 3.8) is 0 Å². The quantitative estimate of drug-likeness (QED) is 0.265. The summed E-state index contributed by atoms with van der Waals surface area (Å²) in [6, 6.07) is 7.09. The van der Waals surface area contributed by atoms with E-state index in [1.807, 2.05) is 13.0 Å². The predicted molar refractivity (Wildman–Crippen MR) is 106 cm³/mol. The molecular formula is C16H22ClIN4O2. The van der Waals surface area contributed by atoms with Crippen LogP contribution in [0.5, 0.6) is 0 Å². The minimum atomic E-state index is -1.12. The van der Waals surface area contributed by atoms with Crippen LogP contribution >= 0.6 is 35.6 Å².